The van der Waals surface area contributed by atoms with Crippen LogP contribution in [-0.4, -0.2) is 20.6 Å². The number of thiazole rings is 1. The van der Waals surface area contributed by atoms with Crippen LogP contribution in [0.25, 0.3) is 10.6 Å². The van der Waals surface area contributed by atoms with Crippen molar-refractivity contribution in [2.75, 3.05) is 0 Å². The number of hydrogen-bond acceptors (Lipinski definition) is 3. The van der Waals surface area contributed by atoms with Gasteiger partial charge >= 0.3 is 5.97 Å². The largest absolute Gasteiger partial charge is 0.477 e. The second kappa shape index (κ2) is 3.70. The van der Waals surface area contributed by atoms with Crippen molar-refractivity contribution in [2.45, 2.75) is 18.8 Å². The first kappa shape index (κ1) is 10.5. The summed E-state index contributed by atoms with van der Waals surface area (Å²) in [5.74, 6) is -0.485. The Morgan fingerprint density at radius 2 is 2.35 bits per heavy atom. The van der Waals surface area contributed by atoms with E-state index < -0.39 is 5.97 Å². The number of carboxylic acid groups (broad SMARTS) is 1. The Labute approximate surface area is 103 Å². The van der Waals surface area contributed by atoms with Crippen LogP contribution in [-0.2, 0) is 7.05 Å². The lowest BCUT2D eigenvalue weighted by molar-refractivity contribution is 0.0700. The lowest BCUT2D eigenvalue weighted by atomic mass is 10.2. The molecule has 0 aromatic carbocycles. The molecule has 1 fully saturated rings. The zero-order chi connectivity index (χ0) is 12.0. The Morgan fingerprint density at radius 3 is 2.88 bits per heavy atom. The molecule has 1 N–H and O–H groups in total. The van der Waals surface area contributed by atoms with Crippen LogP contribution in [0, 0.1) is 0 Å². The number of nitrogens with zero attached hydrogens (tertiary/aromatic N) is 2. The maximum atomic E-state index is 11.2. The van der Waals surface area contributed by atoms with Gasteiger partial charge in [-0.1, -0.05) is 0 Å². The Morgan fingerprint density at radius 1 is 1.59 bits per heavy atom. The standard InChI is InChI=1S/C12H12N2O2S/c1-14-5-4-8(6-14)11-13-9(7-2-3-7)10(17-11)12(15)16/h4-7H,2-3H2,1H3,(H,15,16). The molecule has 1 aliphatic carbocycles. The molecular weight excluding hydrogens is 236 g/mol. The van der Waals surface area contributed by atoms with E-state index in [0.29, 0.717) is 10.8 Å². The van der Waals surface area contributed by atoms with Gasteiger partial charge in [-0.05, 0) is 18.9 Å². The molecule has 4 nitrogen and oxygen atoms in total. The number of aromatic nitrogens is 2. The Bertz CT molecular complexity index is 581. The van der Waals surface area contributed by atoms with Crippen molar-refractivity contribution in [3.8, 4) is 10.6 Å². The van der Waals surface area contributed by atoms with Gasteiger partial charge in [-0.2, -0.15) is 0 Å². The number of aromatic carboxylic acids is 1. The first-order valence-corrected chi connectivity index (χ1v) is 6.33. The minimum absolute atomic E-state index is 0.370. The van der Waals surface area contributed by atoms with Crippen LogP contribution in [0.4, 0.5) is 0 Å². The van der Waals surface area contributed by atoms with Crippen molar-refractivity contribution in [1.29, 1.82) is 0 Å². The molecule has 0 spiro atoms. The lowest BCUT2D eigenvalue weighted by Crippen LogP contribution is -1.97. The molecule has 0 aliphatic heterocycles. The van der Waals surface area contributed by atoms with Gasteiger partial charge in [0.05, 0.1) is 5.69 Å². The summed E-state index contributed by atoms with van der Waals surface area (Å²) in [6.45, 7) is 0. The SMILES string of the molecule is Cn1ccc(-c2nc(C3CC3)c(C(=O)O)s2)c1. The Kier molecular flexibility index (Phi) is 2.29. The Hall–Kier alpha value is -1.62. The van der Waals surface area contributed by atoms with Gasteiger partial charge in [0, 0.05) is 30.9 Å². The van der Waals surface area contributed by atoms with Gasteiger partial charge in [0.2, 0.25) is 0 Å². The van der Waals surface area contributed by atoms with Crippen LogP contribution in [0.1, 0.15) is 34.1 Å². The molecule has 2 heterocycles. The molecule has 3 rings (SSSR count). The van der Waals surface area contributed by atoms with Crippen molar-refractivity contribution in [2.24, 2.45) is 7.05 Å². The molecule has 88 valence electrons. The summed E-state index contributed by atoms with van der Waals surface area (Å²) in [4.78, 5) is 16.1. The number of aryl methyl sites for hydroxylation is 1. The highest BCUT2D eigenvalue weighted by molar-refractivity contribution is 7.17. The Balaban J connectivity index is 2.06. The second-order valence-corrected chi connectivity index (χ2v) is 5.38. The highest BCUT2D eigenvalue weighted by atomic mass is 32.1. The maximum Gasteiger partial charge on any atom is 0.347 e. The number of rotatable bonds is 3. The van der Waals surface area contributed by atoms with Crippen LogP contribution in [0.3, 0.4) is 0 Å². The minimum Gasteiger partial charge on any atom is -0.477 e. The molecule has 5 heteroatoms. The first-order valence-electron chi connectivity index (χ1n) is 5.51. The van der Waals surface area contributed by atoms with Crippen LogP contribution >= 0.6 is 11.3 Å². The fourth-order valence-corrected chi connectivity index (χ4v) is 2.85. The molecule has 0 saturated heterocycles. The van der Waals surface area contributed by atoms with Crippen molar-refractivity contribution < 1.29 is 9.90 Å². The third-order valence-corrected chi connectivity index (χ3v) is 4.00. The van der Waals surface area contributed by atoms with E-state index in [2.05, 4.69) is 4.98 Å². The summed E-state index contributed by atoms with van der Waals surface area (Å²) < 4.78 is 1.94. The van der Waals surface area contributed by atoms with E-state index in [1.807, 2.05) is 30.1 Å². The zero-order valence-corrected chi connectivity index (χ0v) is 10.2. The monoisotopic (exact) mass is 248 g/mol. The van der Waals surface area contributed by atoms with E-state index in [4.69, 9.17) is 0 Å². The molecule has 0 radical (unpaired) electrons. The van der Waals surface area contributed by atoms with Gasteiger partial charge in [-0.15, -0.1) is 11.3 Å². The van der Waals surface area contributed by atoms with Gasteiger partial charge in [0.15, 0.2) is 0 Å². The van der Waals surface area contributed by atoms with Crippen molar-refractivity contribution >= 4 is 17.3 Å². The molecule has 1 aliphatic rings. The number of carboxylic acids is 1. The van der Waals surface area contributed by atoms with Gasteiger partial charge in [0.1, 0.15) is 9.88 Å². The highest BCUT2D eigenvalue weighted by Crippen LogP contribution is 2.44. The van der Waals surface area contributed by atoms with E-state index in [1.165, 1.54) is 11.3 Å². The third kappa shape index (κ3) is 1.86. The van der Waals surface area contributed by atoms with Crippen LogP contribution < -0.4 is 0 Å². The van der Waals surface area contributed by atoms with Gasteiger partial charge in [0.25, 0.3) is 0 Å². The molecule has 2 aromatic heterocycles. The molecule has 0 atom stereocenters. The van der Waals surface area contributed by atoms with Crippen molar-refractivity contribution in [1.82, 2.24) is 9.55 Å². The fourth-order valence-electron chi connectivity index (χ4n) is 1.87. The second-order valence-electron chi connectivity index (χ2n) is 4.38. The fraction of sp³-hybridized carbons (Fsp3) is 0.333. The quantitative estimate of drug-likeness (QED) is 0.908. The predicted octanol–water partition coefficient (Wildman–Crippen LogP) is 2.72. The van der Waals surface area contributed by atoms with E-state index in [1.54, 1.807) is 0 Å². The van der Waals surface area contributed by atoms with Gasteiger partial charge < -0.3 is 9.67 Å². The van der Waals surface area contributed by atoms with E-state index in [-0.39, 0.29) is 0 Å². The van der Waals surface area contributed by atoms with Crippen LogP contribution in [0.5, 0.6) is 0 Å². The zero-order valence-electron chi connectivity index (χ0n) is 9.38. The average molecular weight is 248 g/mol. The topological polar surface area (TPSA) is 55.1 Å². The van der Waals surface area contributed by atoms with Crippen molar-refractivity contribution in [3.63, 3.8) is 0 Å². The summed E-state index contributed by atoms with van der Waals surface area (Å²) in [5, 5.41) is 9.98. The van der Waals surface area contributed by atoms with Gasteiger partial charge in [-0.25, -0.2) is 9.78 Å². The van der Waals surface area contributed by atoms with E-state index in [0.717, 1.165) is 29.1 Å². The molecule has 17 heavy (non-hydrogen) atoms. The predicted molar refractivity (Wildman–Crippen MR) is 65.5 cm³/mol. The van der Waals surface area contributed by atoms with E-state index in [9.17, 15) is 9.90 Å². The number of carbonyl (C=O) groups is 1. The molecule has 0 unspecified atom stereocenters. The van der Waals surface area contributed by atoms with Gasteiger partial charge in [-0.3, -0.25) is 0 Å². The molecule has 0 amide bonds. The molecule has 0 bridgehead atoms. The molecule has 1 saturated carbocycles. The summed E-state index contributed by atoms with van der Waals surface area (Å²) >= 11 is 1.28. The third-order valence-electron chi connectivity index (χ3n) is 2.89. The van der Waals surface area contributed by atoms with Crippen molar-refractivity contribution in [3.05, 3.63) is 29.0 Å². The van der Waals surface area contributed by atoms with Crippen LogP contribution in [0.15, 0.2) is 18.5 Å². The summed E-state index contributed by atoms with van der Waals surface area (Å²) in [5.41, 5.74) is 1.77. The van der Waals surface area contributed by atoms with Crippen LogP contribution in [0.2, 0.25) is 0 Å². The summed E-state index contributed by atoms with van der Waals surface area (Å²) in [7, 11) is 1.94. The summed E-state index contributed by atoms with van der Waals surface area (Å²) in [6, 6.07) is 1.96. The molecular formula is C12H12N2O2S. The molecule has 2 aromatic rings. The minimum atomic E-state index is -0.855. The smallest absolute Gasteiger partial charge is 0.347 e. The maximum absolute atomic E-state index is 11.2. The van der Waals surface area contributed by atoms with E-state index >= 15 is 0 Å². The average Bonchev–Trinajstić information content (AvgIpc) is 2.87. The lowest BCUT2D eigenvalue weighted by Gasteiger charge is -1.91. The normalized spacial score (nSPS) is 15.1. The summed E-state index contributed by atoms with van der Waals surface area (Å²) in [6.07, 6.45) is 6.03. The number of hydrogen-bond donors (Lipinski definition) is 1. The first-order chi connectivity index (χ1) is 8.15. The highest BCUT2D eigenvalue weighted by Gasteiger charge is 2.32.